The lowest BCUT2D eigenvalue weighted by molar-refractivity contribution is 0.0693. The smallest absolute Gasteiger partial charge is 0.339 e. The summed E-state index contributed by atoms with van der Waals surface area (Å²) in [6.45, 7) is 2.00. The topological polar surface area (TPSA) is 97.8 Å². The van der Waals surface area contributed by atoms with Crippen molar-refractivity contribution in [3.8, 4) is 33.2 Å². The maximum absolute atomic E-state index is 13.1. The number of thiazole rings is 1. The van der Waals surface area contributed by atoms with Crippen LogP contribution in [0.3, 0.4) is 0 Å². The van der Waals surface area contributed by atoms with Gasteiger partial charge in [-0.1, -0.05) is 35.9 Å². The van der Waals surface area contributed by atoms with Gasteiger partial charge in [0, 0.05) is 17.1 Å². The Kier molecular flexibility index (Phi) is 7.57. The van der Waals surface area contributed by atoms with E-state index < -0.39 is 5.97 Å². The minimum absolute atomic E-state index is 0.0517. The van der Waals surface area contributed by atoms with Crippen LogP contribution in [0.25, 0.3) is 21.7 Å². The number of benzene rings is 3. The van der Waals surface area contributed by atoms with Crippen molar-refractivity contribution in [3.63, 3.8) is 0 Å². The molecule has 1 aromatic heterocycles. The number of carboxylic acid groups (broad SMARTS) is 1. The fourth-order valence-corrected chi connectivity index (χ4v) is 4.86. The van der Waals surface area contributed by atoms with E-state index in [1.54, 1.807) is 50.4 Å². The van der Waals surface area contributed by atoms with Crippen molar-refractivity contribution in [2.24, 2.45) is 0 Å². The van der Waals surface area contributed by atoms with Gasteiger partial charge in [-0.2, -0.15) is 0 Å². The van der Waals surface area contributed by atoms with E-state index in [0.717, 1.165) is 21.7 Å². The second-order valence-electron chi connectivity index (χ2n) is 7.87. The summed E-state index contributed by atoms with van der Waals surface area (Å²) in [5.74, 6) is -0.449. The molecular formula is C27H23ClN2O5S. The average molecular weight is 523 g/mol. The molecule has 184 valence electrons. The molecule has 0 radical (unpaired) electrons. The second-order valence-corrected chi connectivity index (χ2v) is 9.30. The van der Waals surface area contributed by atoms with Gasteiger partial charge in [-0.25, -0.2) is 9.78 Å². The summed E-state index contributed by atoms with van der Waals surface area (Å²) < 4.78 is 10.5. The van der Waals surface area contributed by atoms with Gasteiger partial charge in [0.2, 0.25) is 0 Å². The third-order valence-electron chi connectivity index (χ3n) is 5.59. The van der Waals surface area contributed by atoms with Gasteiger partial charge in [0.1, 0.15) is 26.9 Å². The molecule has 0 aliphatic heterocycles. The molecule has 1 heterocycles. The molecule has 0 fully saturated rings. The molecule has 4 rings (SSSR count). The number of methoxy groups -OCH3 is 2. The van der Waals surface area contributed by atoms with E-state index in [-0.39, 0.29) is 23.8 Å². The first-order valence-corrected chi connectivity index (χ1v) is 12.1. The number of aromatic nitrogens is 1. The van der Waals surface area contributed by atoms with Gasteiger partial charge in [0.05, 0.1) is 19.9 Å². The number of carbonyl (C=O) groups is 2. The van der Waals surface area contributed by atoms with Crippen molar-refractivity contribution in [2.45, 2.75) is 13.5 Å². The highest BCUT2D eigenvalue weighted by molar-refractivity contribution is 7.17. The third kappa shape index (κ3) is 5.35. The second kappa shape index (κ2) is 10.8. The predicted octanol–water partition coefficient (Wildman–Crippen LogP) is 6.08. The molecule has 0 aliphatic carbocycles. The van der Waals surface area contributed by atoms with E-state index in [1.807, 2.05) is 24.3 Å². The van der Waals surface area contributed by atoms with E-state index >= 15 is 0 Å². The maximum Gasteiger partial charge on any atom is 0.339 e. The highest BCUT2D eigenvalue weighted by Gasteiger charge is 2.18. The van der Waals surface area contributed by atoms with Crippen molar-refractivity contribution in [3.05, 3.63) is 87.4 Å². The summed E-state index contributed by atoms with van der Waals surface area (Å²) in [4.78, 5) is 29.9. The standard InChI is InChI=1S/C27H23ClN2O5S/c1-15-24(36-26(30-15)16-4-7-19(28)8-5-16)25(31)29-14-18-12-20(34-2)9-10-21(18)17-6-11-23(35-3)22(13-17)27(32)33/h4-13H,14H2,1-3H3,(H,29,31)(H,32,33). The summed E-state index contributed by atoms with van der Waals surface area (Å²) in [6, 6.07) is 17.7. The Balaban J connectivity index is 1.61. The number of aryl methyl sites for hydroxylation is 1. The van der Waals surface area contributed by atoms with E-state index in [4.69, 9.17) is 21.1 Å². The number of carboxylic acids is 1. The van der Waals surface area contributed by atoms with Crippen molar-refractivity contribution in [1.82, 2.24) is 10.3 Å². The van der Waals surface area contributed by atoms with Crippen LogP contribution in [0.5, 0.6) is 11.5 Å². The number of aromatic carboxylic acids is 1. The minimum atomic E-state index is -1.09. The Labute approximate surface area is 217 Å². The summed E-state index contributed by atoms with van der Waals surface area (Å²) in [7, 11) is 2.99. The largest absolute Gasteiger partial charge is 0.497 e. The highest BCUT2D eigenvalue weighted by Crippen LogP contribution is 2.32. The lowest BCUT2D eigenvalue weighted by Crippen LogP contribution is -2.23. The van der Waals surface area contributed by atoms with Crippen molar-refractivity contribution >= 4 is 34.8 Å². The number of amides is 1. The quantitative estimate of drug-likeness (QED) is 0.291. The van der Waals surface area contributed by atoms with Crippen molar-refractivity contribution in [1.29, 1.82) is 0 Å². The van der Waals surface area contributed by atoms with Gasteiger partial charge in [0.15, 0.2) is 0 Å². The van der Waals surface area contributed by atoms with Crippen LogP contribution in [0.2, 0.25) is 5.02 Å². The Morgan fingerprint density at radius 2 is 1.72 bits per heavy atom. The average Bonchev–Trinajstić information content (AvgIpc) is 3.28. The van der Waals surface area contributed by atoms with Gasteiger partial charge in [-0.3, -0.25) is 4.79 Å². The molecule has 0 spiro atoms. The van der Waals surface area contributed by atoms with Gasteiger partial charge in [-0.15, -0.1) is 11.3 Å². The van der Waals surface area contributed by atoms with Crippen LogP contribution in [0.4, 0.5) is 0 Å². The van der Waals surface area contributed by atoms with Crippen molar-refractivity contribution < 1.29 is 24.2 Å². The Morgan fingerprint density at radius 1 is 1.00 bits per heavy atom. The zero-order valence-electron chi connectivity index (χ0n) is 19.8. The zero-order valence-corrected chi connectivity index (χ0v) is 21.4. The molecule has 3 aromatic carbocycles. The molecule has 7 nitrogen and oxygen atoms in total. The molecule has 0 saturated heterocycles. The monoisotopic (exact) mass is 522 g/mol. The molecule has 36 heavy (non-hydrogen) atoms. The van der Waals surface area contributed by atoms with E-state index in [2.05, 4.69) is 10.3 Å². The number of ether oxygens (including phenoxy) is 2. The lowest BCUT2D eigenvalue weighted by Gasteiger charge is -2.14. The van der Waals surface area contributed by atoms with Crippen LogP contribution < -0.4 is 14.8 Å². The van der Waals surface area contributed by atoms with E-state index in [9.17, 15) is 14.7 Å². The fourth-order valence-electron chi connectivity index (χ4n) is 3.75. The Hall–Kier alpha value is -3.88. The SMILES string of the molecule is COc1ccc(-c2ccc(OC)c(C(=O)O)c2)c(CNC(=O)c2sc(-c3ccc(Cl)cc3)nc2C)c1. The lowest BCUT2D eigenvalue weighted by atomic mass is 9.97. The highest BCUT2D eigenvalue weighted by atomic mass is 35.5. The van der Waals surface area contributed by atoms with Crippen molar-refractivity contribution in [2.75, 3.05) is 14.2 Å². The zero-order chi connectivity index (χ0) is 25.8. The Morgan fingerprint density at radius 3 is 2.39 bits per heavy atom. The molecule has 0 saturated carbocycles. The number of carbonyl (C=O) groups excluding carboxylic acids is 1. The van der Waals surface area contributed by atoms with Crippen LogP contribution in [0.15, 0.2) is 60.7 Å². The van der Waals surface area contributed by atoms with Crippen LogP contribution in [0.1, 0.15) is 31.3 Å². The first-order chi connectivity index (χ1) is 17.3. The van der Waals surface area contributed by atoms with Crippen LogP contribution in [-0.2, 0) is 6.54 Å². The molecule has 2 N–H and O–H groups in total. The third-order valence-corrected chi connectivity index (χ3v) is 7.04. The predicted molar refractivity (Wildman–Crippen MR) is 140 cm³/mol. The number of halogens is 1. The molecule has 1 amide bonds. The van der Waals surface area contributed by atoms with E-state index in [0.29, 0.717) is 26.9 Å². The minimum Gasteiger partial charge on any atom is -0.497 e. The molecule has 0 atom stereocenters. The van der Waals surface area contributed by atoms with Gasteiger partial charge < -0.3 is 19.9 Å². The number of nitrogens with zero attached hydrogens (tertiary/aromatic N) is 1. The van der Waals surface area contributed by atoms with Gasteiger partial charge in [0.25, 0.3) is 5.91 Å². The molecule has 0 bridgehead atoms. The number of hydrogen-bond acceptors (Lipinski definition) is 6. The first-order valence-electron chi connectivity index (χ1n) is 10.9. The van der Waals surface area contributed by atoms with Crippen LogP contribution in [0, 0.1) is 6.92 Å². The van der Waals surface area contributed by atoms with Gasteiger partial charge in [-0.05, 0) is 60.0 Å². The van der Waals surface area contributed by atoms with Crippen LogP contribution >= 0.6 is 22.9 Å². The molecule has 0 unspecified atom stereocenters. The molecule has 0 aliphatic rings. The fraction of sp³-hybridized carbons (Fsp3) is 0.148. The number of nitrogens with one attached hydrogen (secondary N) is 1. The van der Waals surface area contributed by atoms with E-state index in [1.165, 1.54) is 18.4 Å². The maximum atomic E-state index is 13.1. The summed E-state index contributed by atoms with van der Waals surface area (Å²) in [5.41, 5.74) is 3.79. The summed E-state index contributed by atoms with van der Waals surface area (Å²) >= 11 is 7.29. The first kappa shape index (κ1) is 25.2. The molecular weight excluding hydrogens is 500 g/mol. The van der Waals surface area contributed by atoms with Gasteiger partial charge >= 0.3 is 5.97 Å². The number of rotatable bonds is 8. The van der Waals surface area contributed by atoms with Crippen LogP contribution in [-0.4, -0.2) is 36.2 Å². The number of hydrogen-bond donors (Lipinski definition) is 2. The summed E-state index contributed by atoms with van der Waals surface area (Å²) in [6.07, 6.45) is 0. The normalized spacial score (nSPS) is 10.7. The molecule has 9 heteroatoms. The molecule has 4 aromatic rings. The Bertz CT molecular complexity index is 1430. The summed E-state index contributed by atoms with van der Waals surface area (Å²) in [5, 5.41) is 13.9.